The molecular formula is C44H29N5. The highest BCUT2D eigenvalue weighted by atomic mass is 15.1. The molecule has 0 spiro atoms. The van der Waals surface area contributed by atoms with Crippen molar-refractivity contribution in [1.29, 1.82) is 0 Å². The predicted octanol–water partition coefficient (Wildman–Crippen LogP) is 10.8. The van der Waals surface area contributed by atoms with Gasteiger partial charge in [-0.1, -0.05) is 97.1 Å². The summed E-state index contributed by atoms with van der Waals surface area (Å²) in [5.41, 5.74) is 11.5. The van der Waals surface area contributed by atoms with Crippen LogP contribution in [0.15, 0.2) is 176 Å². The maximum atomic E-state index is 5.39. The summed E-state index contributed by atoms with van der Waals surface area (Å²) in [6.45, 7) is 0. The number of benzene rings is 7. The summed E-state index contributed by atoms with van der Waals surface area (Å²) < 4.78 is 6.95. The molecule has 0 N–H and O–H groups in total. The SMILES string of the molecule is c1ccc(-n2c(-c3cc(-c4nc5ccccc5n4-c4ccccc4)c4c(c3)c3ccccc3n4-c3ccccc3)nc3ccccc32)cc1. The highest BCUT2D eigenvalue weighted by Crippen LogP contribution is 2.43. The highest BCUT2D eigenvalue weighted by Gasteiger charge is 2.24. The van der Waals surface area contributed by atoms with Gasteiger partial charge in [0.1, 0.15) is 11.6 Å². The molecule has 49 heavy (non-hydrogen) atoms. The average molecular weight is 628 g/mol. The van der Waals surface area contributed by atoms with Gasteiger partial charge in [-0.05, 0) is 78.9 Å². The van der Waals surface area contributed by atoms with Crippen molar-refractivity contribution in [2.24, 2.45) is 0 Å². The van der Waals surface area contributed by atoms with Crippen molar-refractivity contribution in [2.75, 3.05) is 0 Å². The lowest BCUT2D eigenvalue weighted by Gasteiger charge is -2.16. The summed E-state index contributed by atoms with van der Waals surface area (Å²) in [6.07, 6.45) is 0. The number of para-hydroxylation sites is 8. The third-order valence-electron chi connectivity index (χ3n) is 9.43. The highest BCUT2D eigenvalue weighted by molar-refractivity contribution is 6.15. The minimum Gasteiger partial charge on any atom is -0.309 e. The molecule has 0 radical (unpaired) electrons. The van der Waals surface area contributed by atoms with Crippen LogP contribution in [0.3, 0.4) is 0 Å². The Morgan fingerprint density at radius 1 is 0.347 bits per heavy atom. The van der Waals surface area contributed by atoms with Crippen molar-refractivity contribution >= 4 is 43.9 Å². The van der Waals surface area contributed by atoms with Gasteiger partial charge in [0, 0.05) is 39.0 Å². The third-order valence-corrected chi connectivity index (χ3v) is 9.43. The van der Waals surface area contributed by atoms with Crippen LogP contribution in [-0.4, -0.2) is 23.7 Å². The van der Waals surface area contributed by atoms with E-state index in [0.29, 0.717) is 0 Å². The second-order valence-corrected chi connectivity index (χ2v) is 12.3. The van der Waals surface area contributed by atoms with Crippen molar-refractivity contribution < 1.29 is 0 Å². The lowest BCUT2D eigenvalue weighted by atomic mass is 10.0. The van der Waals surface area contributed by atoms with Gasteiger partial charge in [0.05, 0.1) is 33.1 Å². The topological polar surface area (TPSA) is 40.6 Å². The van der Waals surface area contributed by atoms with E-state index >= 15 is 0 Å². The molecule has 0 saturated heterocycles. The first-order valence-electron chi connectivity index (χ1n) is 16.5. The van der Waals surface area contributed by atoms with Crippen molar-refractivity contribution in [3.05, 3.63) is 176 Å². The zero-order valence-corrected chi connectivity index (χ0v) is 26.5. The Morgan fingerprint density at radius 3 is 1.39 bits per heavy atom. The molecule has 10 aromatic rings. The molecule has 5 nitrogen and oxygen atoms in total. The van der Waals surface area contributed by atoms with Gasteiger partial charge in [-0.2, -0.15) is 0 Å². The summed E-state index contributed by atoms with van der Waals surface area (Å²) in [7, 11) is 0. The first-order chi connectivity index (χ1) is 24.3. The summed E-state index contributed by atoms with van der Waals surface area (Å²) in [4.78, 5) is 10.7. The van der Waals surface area contributed by atoms with E-state index in [1.807, 2.05) is 0 Å². The molecule has 0 fully saturated rings. The number of hydrogen-bond acceptors (Lipinski definition) is 2. The van der Waals surface area contributed by atoms with Crippen molar-refractivity contribution in [3.8, 4) is 39.8 Å². The zero-order chi connectivity index (χ0) is 32.3. The summed E-state index contributed by atoms with van der Waals surface area (Å²) in [5.74, 6) is 1.76. The van der Waals surface area contributed by atoms with E-state index in [1.165, 1.54) is 5.39 Å². The van der Waals surface area contributed by atoms with Crippen molar-refractivity contribution in [2.45, 2.75) is 0 Å². The van der Waals surface area contributed by atoms with Crippen LogP contribution in [0, 0.1) is 0 Å². The van der Waals surface area contributed by atoms with Crippen LogP contribution in [0.4, 0.5) is 0 Å². The second kappa shape index (κ2) is 10.9. The van der Waals surface area contributed by atoms with Gasteiger partial charge in [-0.3, -0.25) is 9.13 Å². The molecule has 0 aliphatic carbocycles. The number of aromatic nitrogens is 5. The van der Waals surface area contributed by atoms with Gasteiger partial charge in [-0.15, -0.1) is 0 Å². The monoisotopic (exact) mass is 627 g/mol. The molecule has 0 aliphatic heterocycles. The maximum Gasteiger partial charge on any atom is 0.147 e. The van der Waals surface area contributed by atoms with Crippen LogP contribution < -0.4 is 0 Å². The Labute approximate surface area is 282 Å². The quantitative estimate of drug-likeness (QED) is 0.190. The fourth-order valence-corrected chi connectivity index (χ4v) is 7.35. The zero-order valence-electron chi connectivity index (χ0n) is 26.5. The predicted molar refractivity (Wildman–Crippen MR) is 201 cm³/mol. The van der Waals surface area contributed by atoms with Gasteiger partial charge in [0.25, 0.3) is 0 Å². The van der Waals surface area contributed by atoms with E-state index in [1.54, 1.807) is 0 Å². The van der Waals surface area contributed by atoms with E-state index in [0.717, 1.165) is 78.3 Å². The first kappa shape index (κ1) is 27.4. The van der Waals surface area contributed by atoms with Gasteiger partial charge >= 0.3 is 0 Å². The number of nitrogens with zero attached hydrogens (tertiary/aromatic N) is 5. The standard InChI is InChI=1S/C44H29N5/c1-4-16-31(17-5-1)47-39-25-13-10-22-34(39)35-28-30(43-45-37-23-11-14-26-40(37)48(43)32-18-6-2-7-19-32)29-36(42(35)47)44-46-38-24-12-15-27-41(38)49(44)33-20-8-3-9-21-33/h1-29H. The van der Waals surface area contributed by atoms with Crippen molar-refractivity contribution in [3.63, 3.8) is 0 Å². The Balaban J connectivity index is 1.40. The Kier molecular flexibility index (Phi) is 6.11. The average Bonchev–Trinajstić information content (AvgIpc) is 3.86. The molecule has 3 heterocycles. The number of imidazole rings is 2. The Hall–Kier alpha value is -6.72. The normalized spacial score (nSPS) is 11.7. The third kappa shape index (κ3) is 4.26. The van der Waals surface area contributed by atoms with Crippen LogP contribution in [-0.2, 0) is 0 Å². The fraction of sp³-hybridized carbons (Fsp3) is 0. The van der Waals surface area contributed by atoms with Gasteiger partial charge in [0.2, 0.25) is 0 Å². The summed E-state index contributed by atoms with van der Waals surface area (Å²) >= 11 is 0. The molecule has 7 aromatic carbocycles. The van der Waals surface area contributed by atoms with Crippen LogP contribution in [0.5, 0.6) is 0 Å². The second-order valence-electron chi connectivity index (χ2n) is 12.3. The largest absolute Gasteiger partial charge is 0.309 e. The molecule has 0 saturated carbocycles. The van der Waals surface area contributed by atoms with Crippen LogP contribution in [0.2, 0.25) is 0 Å². The van der Waals surface area contributed by atoms with Crippen LogP contribution in [0.1, 0.15) is 0 Å². The summed E-state index contributed by atoms with van der Waals surface area (Å²) in [5, 5.41) is 2.32. The molecule has 5 heteroatoms. The van der Waals surface area contributed by atoms with Gasteiger partial charge in [-0.25, -0.2) is 9.97 Å². The van der Waals surface area contributed by atoms with Crippen LogP contribution >= 0.6 is 0 Å². The molecule has 230 valence electrons. The minimum atomic E-state index is 0.876. The van der Waals surface area contributed by atoms with E-state index in [4.69, 9.17) is 9.97 Å². The molecule has 0 amide bonds. The molecule has 3 aromatic heterocycles. The van der Waals surface area contributed by atoms with E-state index in [-0.39, 0.29) is 0 Å². The molecule has 0 bridgehead atoms. The lowest BCUT2D eigenvalue weighted by Crippen LogP contribution is -2.02. The Morgan fingerprint density at radius 2 is 0.796 bits per heavy atom. The molecule has 0 atom stereocenters. The molecule has 0 unspecified atom stereocenters. The smallest absolute Gasteiger partial charge is 0.147 e. The molecular weight excluding hydrogens is 599 g/mol. The van der Waals surface area contributed by atoms with Crippen molar-refractivity contribution in [1.82, 2.24) is 23.7 Å². The van der Waals surface area contributed by atoms with E-state index < -0.39 is 0 Å². The van der Waals surface area contributed by atoms with E-state index in [2.05, 4.69) is 190 Å². The number of hydrogen-bond donors (Lipinski definition) is 0. The Bertz CT molecular complexity index is 2810. The van der Waals surface area contributed by atoms with Gasteiger partial charge in [0.15, 0.2) is 0 Å². The lowest BCUT2D eigenvalue weighted by molar-refractivity contribution is 1.09. The number of fused-ring (bicyclic) bond motifs is 5. The fourth-order valence-electron chi connectivity index (χ4n) is 7.35. The maximum absolute atomic E-state index is 5.39. The molecule has 10 rings (SSSR count). The first-order valence-corrected chi connectivity index (χ1v) is 16.5. The van der Waals surface area contributed by atoms with Gasteiger partial charge < -0.3 is 4.57 Å². The molecule has 0 aliphatic rings. The van der Waals surface area contributed by atoms with Crippen LogP contribution in [0.25, 0.3) is 83.7 Å². The minimum absolute atomic E-state index is 0.876. The van der Waals surface area contributed by atoms with E-state index in [9.17, 15) is 0 Å². The number of rotatable bonds is 5. The summed E-state index contributed by atoms with van der Waals surface area (Å²) in [6, 6.07) is 61.7.